The minimum Gasteiger partial charge on any atom is -0.291 e. The Bertz CT molecular complexity index is 214. The van der Waals surface area contributed by atoms with Gasteiger partial charge in [-0.15, -0.1) is 0 Å². The summed E-state index contributed by atoms with van der Waals surface area (Å²) >= 11 is 0. The Morgan fingerprint density at radius 3 is 2.36 bits per heavy atom. The molecule has 2 heteroatoms. The predicted molar refractivity (Wildman–Crippen MR) is 58.1 cm³/mol. The van der Waals surface area contributed by atoms with Crippen molar-refractivity contribution in [2.45, 2.75) is 46.5 Å². The molecule has 0 bridgehead atoms. The lowest BCUT2D eigenvalue weighted by Crippen LogP contribution is -2.19. The average molecular weight is 196 g/mol. The summed E-state index contributed by atoms with van der Waals surface area (Å²) in [4.78, 5) is 22.4. The van der Waals surface area contributed by atoms with E-state index in [4.69, 9.17) is 0 Å². The van der Waals surface area contributed by atoms with Crippen LogP contribution in [0.3, 0.4) is 0 Å². The topological polar surface area (TPSA) is 34.1 Å². The van der Waals surface area contributed by atoms with Gasteiger partial charge in [0.15, 0.2) is 5.78 Å². The summed E-state index contributed by atoms with van der Waals surface area (Å²) in [7, 11) is 0. The van der Waals surface area contributed by atoms with E-state index >= 15 is 0 Å². The normalized spacial score (nSPS) is 11.1. The van der Waals surface area contributed by atoms with Gasteiger partial charge >= 0.3 is 0 Å². The van der Waals surface area contributed by atoms with Crippen molar-refractivity contribution < 1.29 is 9.59 Å². The number of hydrogen-bond donors (Lipinski definition) is 0. The Labute approximate surface area is 86.4 Å². The second-order valence-corrected chi connectivity index (χ2v) is 3.76. The van der Waals surface area contributed by atoms with Crippen molar-refractivity contribution in [3.05, 3.63) is 12.2 Å². The largest absolute Gasteiger partial charge is 0.291 e. The Morgan fingerprint density at radius 1 is 1.21 bits per heavy atom. The Kier molecular flexibility index (Phi) is 6.99. The molecule has 0 heterocycles. The smallest absolute Gasteiger partial charge is 0.200 e. The molecule has 0 atom stereocenters. The highest BCUT2D eigenvalue weighted by Crippen LogP contribution is 2.05. The van der Waals surface area contributed by atoms with Gasteiger partial charge in [0.25, 0.3) is 0 Å². The molecule has 0 aliphatic rings. The van der Waals surface area contributed by atoms with Gasteiger partial charge in [0.1, 0.15) is 0 Å². The van der Waals surface area contributed by atoms with E-state index < -0.39 is 0 Å². The molecule has 80 valence electrons. The Morgan fingerprint density at radius 2 is 1.86 bits per heavy atom. The van der Waals surface area contributed by atoms with Crippen LogP contribution in [0.15, 0.2) is 12.2 Å². The van der Waals surface area contributed by atoms with Gasteiger partial charge < -0.3 is 0 Å². The molecule has 0 aliphatic carbocycles. The molecule has 0 unspecified atom stereocenters. The molecule has 0 saturated carbocycles. The van der Waals surface area contributed by atoms with Crippen LogP contribution in [0.4, 0.5) is 0 Å². The third-order valence-corrected chi connectivity index (χ3v) is 2.06. The highest BCUT2D eigenvalue weighted by molar-refractivity contribution is 6.37. The van der Waals surface area contributed by atoms with Crippen molar-refractivity contribution in [3.63, 3.8) is 0 Å². The quantitative estimate of drug-likeness (QED) is 0.356. The fourth-order valence-corrected chi connectivity index (χ4v) is 1.16. The number of allylic oxidation sites excluding steroid dienone is 2. The summed E-state index contributed by atoms with van der Waals surface area (Å²) in [5.41, 5.74) is 0. The summed E-state index contributed by atoms with van der Waals surface area (Å²) in [6.45, 7) is 5.51. The number of ketones is 2. The number of carbonyl (C=O) groups excluding carboxylic acids is 2. The number of Topliss-reactive ketones (excluding diaryl/α,β-unsaturated/α-hetero) is 2. The summed E-state index contributed by atoms with van der Waals surface area (Å²) in [6.07, 6.45) is 7.30. The average Bonchev–Trinajstić information content (AvgIpc) is 2.16. The lowest BCUT2D eigenvalue weighted by molar-refractivity contribution is -0.138. The first-order valence-electron chi connectivity index (χ1n) is 5.27. The molecule has 14 heavy (non-hydrogen) atoms. The lowest BCUT2D eigenvalue weighted by Gasteiger charge is -2.01. The van der Waals surface area contributed by atoms with Crippen molar-refractivity contribution in [1.82, 2.24) is 0 Å². The van der Waals surface area contributed by atoms with Crippen LogP contribution in [0, 0.1) is 5.92 Å². The SMILES string of the molecule is CC=CCCCCC(=O)C(=O)C(C)C. The first kappa shape index (κ1) is 13.1. The summed E-state index contributed by atoms with van der Waals surface area (Å²) in [5, 5.41) is 0. The van der Waals surface area contributed by atoms with Crippen molar-refractivity contribution in [2.24, 2.45) is 5.92 Å². The van der Waals surface area contributed by atoms with E-state index in [1.165, 1.54) is 0 Å². The van der Waals surface area contributed by atoms with Gasteiger partial charge in [-0.25, -0.2) is 0 Å². The molecule has 2 nitrogen and oxygen atoms in total. The zero-order valence-corrected chi connectivity index (χ0v) is 9.38. The minimum absolute atomic E-state index is 0.155. The minimum atomic E-state index is -0.226. The highest BCUT2D eigenvalue weighted by Gasteiger charge is 2.16. The van der Waals surface area contributed by atoms with Gasteiger partial charge in [-0.1, -0.05) is 26.0 Å². The number of unbranched alkanes of at least 4 members (excludes halogenated alkanes) is 2. The second-order valence-electron chi connectivity index (χ2n) is 3.76. The van der Waals surface area contributed by atoms with E-state index in [1.807, 2.05) is 13.0 Å². The van der Waals surface area contributed by atoms with Crippen molar-refractivity contribution >= 4 is 11.6 Å². The van der Waals surface area contributed by atoms with Crippen LogP contribution in [-0.4, -0.2) is 11.6 Å². The number of rotatable bonds is 7. The molecule has 0 N–H and O–H groups in total. The molecule has 0 rings (SSSR count). The van der Waals surface area contributed by atoms with Crippen LogP contribution in [0.25, 0.3) is 0 Å². The van der Waals surface area contributed by atoms with Crippen LogP contribution >= 0.6 is 0 Å². The molecule has 0 aromatic rings. The molecule has 0 aliphatic heterocycles. The monoisotopic (exact) mass is 196 g/mol. The number of carbonyl (C=O) groups is 2. The second kappa shape index (κ2) is 7.48. The molecule has 0 spiro atoms. The summed E-state index contributed by atoms with van der Waals surface area (Å²) in [6, 6.07) is 0. The molecule has 0 fully saturated rings. The van der Waals surface area contributed by atoms with Crippen molar-refractivity contribution in [1.29, 1.82) is 0 Å². The number of hydrogen-bond acceptors (Lipinski definition) is 2. The maximum atomic E-state index is 11.2. The van der Waals surface area contributed by atoms with Gasteiger partial charge in [-0.3, -0.25) is 9.59 Å². The predicted octanol–water partition coefficient (Wildman–Crippen LogP) is 2.92. The van der Waals surface area contributed by atoms with E-state index in [9.17, 15) is 9.59 Å². The Hall–Kier alpha value is -0.920. The molecule has 0 amide bonds. The highest BCUT2D eigenvalue weighted by atomic mass is 16.2. The zero-order valence-electron chi connectivity index (χ0n) is 9.38. The van der Waals surface area contributed by atoms with Crippen LogP contribution < -0.4 is 0 Å². The summed E-state index contributed by atoms with van der Waals surface area (Å²) in [5.74, 6) is -0.588. The van der Waals surface area contributed by atoms with Gasteiger partial charge in [-0.2, -0.15) is 0 Å². The van der Waals surface area contributed by atoms with Crippen LogP contribution in [0.2, 0.25) is 0 Å². The molecule has 0 aromatic heterocycles. The molecule has 0 radical (unpaired) electrons. The van der Waals surface area contributed by atoms with E-state index in [1.54, 1.807) is 13.8 Å². The first-order chi connectivity index (χ1) is 6.59. The van der Waals surface area contributed by atoms with Gasteiger partial charge in [0.05, 0.1) is 0 Å². The van der Waals surface area contributed by atoms with Crippen molar-refractivity contribution in [3.8, 4) is 0 Å². The van der Waals surface area contributed by atoms with Crippen LogP contribution in [0.1, 0.15) is 46.5 Å². The van der Waals surface area contributed by atoms with Crippen LogP contribution in [0.5, 0.6) is 0 Å². The molecular formula is C12H20O2. The van der Waals surface area contributed by atoms with Gasteiger partial charge in [0.2, 0.25) is 5.78 Å². The molecule has 0 aromatic carbocycles. The first-order valence-corrected chi connectivity index (χ1v) is 5.27. The van der Waals surface area contributed by atoms with E-state index in [0.29, 0.717) is 6.42 Å². The van der Waals surface area contributed by atoms with Crippen molar-refractivity contribution in [2.75, 3.05) is 0 Å². The standard InChI is InChI=1S/C12H20O2/c1-4-5-6-7-8-9-11(13)12(14)10(2)3/h4-5,10H,6-9H2,1-3H3. The third-order valence-electron chi connectivity index (χ3n) is 2.06. The van der Waals surface area contributed by atoms with Gasteiger partial charge in [0, 0.05) is 12.3 Å². The summed E-state index contributed by atoms with van der Waals surface area (Å²) < 4.78 is 0. The molecular weight excluding hydrogens is 176 g/mol. The Balaban J connectivity index is 3.59. The maximum Gasteiger partial charge on any atom is 0.200 e. The lowest BCUT2D eigenvalue weighted by atomic mass is 10.0. The van der Waals surface area contributed by atoms with E-state index in [0.717, 1.165) is 19.3 Å². The molecule has 0 saturated heterocycles. The third kappa shape index (κ3) is 5.68. The fourth-order valence-electron chi connectivity index (χ4n) is 1.16. The maximum absolute atomic E-state index is 11.2. The zero-order chi connectivity index (χ0) is 11.0. The van der Waals surface area contributed by atoms with Gasteiger partial charge in [-0.05, 0) is 26.2 Å². The fraction of sp³-hybridized carbons (Fsp3) is 0.667. The van der Waals surface area contributed by atoms with E-state index in [2.05, 4.69) is 6.08 Å². The van der Waals surface area contributed by atoms with Crippen LogP contribution in [-0.2, 0) is 9.59 Å². The van der Waals surface area contributed by atoms with E-state index in [-0.39, 0.29) is 17.5 Å².